The molecular weight excluding hydrogens is 328 g/mol. The van der Waals surface area contributed by atoms with Crippen LogP contribution in [0.15, 0.2) is 48.5 Å². The fraction of sp³-hybridized carbons (Fsp3) is 0.381. The first-order chi connectivity index (χ1) is 12.7. The first-order valence-electron chi connectivity index (χ1n) is 9.17. The Balaban J connectivity index is 1.45. The smallest absolute Gasteiger partial charge is 0.319 e. The molecule has 0 aromatic heterocycles. The molecule has 138 valence electrons. The number of para-hydroxylation sites is 2. The Hall–Kier alpha value is -2.53. The lowest BCUT2D eigenvalue weighted by molar-refractivity contribution is 0.122. The molecule has 0 heterocycles. The third-order valence-corrected chi connectivity index (χ3v) is 4.15. The summed E-state index contributed by atoms with van der Waals surface area (Å²) in [5.41, 5.74) is 1.76. The van der Waals surface area contributed by atoms with Gasteiger partial charge in [0.15, 0.2) is 5.75 Å². The van der Waals surface area contributed by atoms with Crippen LogP contribution in [0, 0.1) is 12.8 Å². The van der Waals surface area contributed by atoms with Crippen molar-refractivity contribution in [2.75, 3.05) is 25.1 Å². The molecule has 0 radical (unpaired) electrons. The highest BCUT2D eigenvalue weighted by Crippen LogP contribution is 2.30. The van der Waals surface area contributed by atoms with E-state index >= 15 is 0 Å². The molecule has 0 spiro atoms. The zero-order valence-electron chi connectivity index (χ0n) is 15.2. The number of carbonyl (C=O) groups is 1. The Bertz CT molecular complexity index is 729. The van der Waals surface area contributed by atoms with E-state index in [-0.39, 0.29) is 6.03 Å². The van der Waals surface area contributed by atoms with Crippen LogP contribution in [-0.4, -0.2) is 25.8 Å². The maximum atomic E-state index is 12.1. The van der Waals surface area contributed by atoms with Gasteiger partial charge in [0.1, 0.15) is 5.75 Å². The van der Waals surface area contributed by atoms with Crippen LogP contribution in [0.2, 0.25) is 0 Å². The Labute approximate surface area is 154 Å². The number of anilines is 1. The van der Waals surface area contributed by atoms with Crippen LogP contribution in [0.25, 0.3) is 0 Å². The van der Waals surface area contributed by atoms with Crippen molar-refractivity contribution in [1.29, 1.82) is 0 Å². The fourth-order valence-electron chi connectivity index (χ4n) is 2.54. The summed E-state index contributed by atoms with van der Waals surface area (Å²) in [4.78, 5) is 12.1. The minimum Gasteiger partial charge on any atom is -0.455 e. The summed E-state index contributed by atoms with van der Waals surface area (Å²) in [6, 6.07) is 15.0. The summed E-state index contributed by atoms with van der Waals surface area (Å²) >= 11 is 0. The third-order valence-electron chi connectivity index (χ3n) is 4.15. The number of aryl methyl sites for hydroxylation is 1. The Morgan fingerprint density at radius 2 is 2.00 bits per heavy atom. The van der Waals surface area contributed by atoms with Gasteiger partial charge >= 0.3 is 6.03 Å². The average Bonchev–Trinajstić information content (AvgIpc) is 3.44. The number of ether oxygens (including phenoxy) is 2. The van der Waals surface area contributed by atoms with Crippen molar-refractivity contribution in [1.82, 2.24) is 5.32 Å². The molecule has 0 unspecified atom stereocenters. The van der Waals surface area contributed by atoms with Crippen LogP contribution in [-0.2, 0) is 4.74 Å². The Morgan fingerprint density at radius 3 is 2.81 bits per heavy atom. The largest absolute Gasteiger partial charge is 0.455 e. The van der Waals surface area contributed by atoms with Crippen LogP contribution >= 0.6 is 0 Å². The molecule has 0 saturated heterocycles. The van der Waals surface area contributed by atoms with Gasteiger partial charge in [0.25, 0.3) is 0 Å². The van der Waals surface area contributed by atoms with E-state index < -0.39 is 0 Å². The van der Waals surface area contributed by atoms with E-state index in [1.165, 1.54) is 12.8 Å². The van der Waals surface area contributed by atoms with Crippen molar-refractivity contribution in [2.24, 2.45) is 5.92 Å². The average molecular weight is 354 g/mol. The summed E-state index contributed by atoms with van der Waals surface area (Å²) in [5, 5.41) is 5.70. The molecule has 0 bridgehead atoms. The van der Waals surface area contributed by atoms with Crippen molar-refractivity contribution in [3.8, 4) is 11.5 Å². The van der Waals surface area contributed by atoms with Gasteiger partial charge in [0.05, 0.1) is 5.69 Å². The SMILES string of the molecule is Cc1cccc(Oc2ccccc2NC(=O)NCCCOCC2CC2)c1. The minimum absolute atomic E-state index is 0.243. The molecule has 1 aliphatic carbocycles. The zero-order valence-corrected chi connectivity index (χ0v) is 15.2. The van der Waals surface area contributed by atoms with Gasteiger partial charge in [-0.15, -0.1) is 0 Å². The molecule has 1 saturated carbocycles. The van der Waals surface area contributed by atoms with Gasteiger partial charge in [-0.25, -0.2) is 4.79 Å². The van der Waals surface area contributed by atoms with E-state index in [0.29, 0.717) is 24.6 Å². The van der Waals surface area contributed by atoms with E-state index in [1.54, 1.807) is 0 Å². The van der Waals surface area contributed by atoms with Crippen LogP contribution in [0.4, 0.5) is 10.5 Å². The van der Waals surface area contributed by atoms with Gasteiger partial charge in [-0.3, -0.25) is 0 Å². The number of nitrogens with one attached hydrogen (secondary N) is 2. The normalized spacial score (nSPS) is 13.3. The molecule has 2 aromatic rings. The second kappa shape index (κ2) is 9.25. The number of benzene rings is 2. The maximum Gasteiger partial charge on any atom is 0.319 e. The summed E-state index contributed by atoms with van der Waals surface area (Å²) < 4.78 is 11.5. The Morgan fingerprint density at radius 1 is 1.15 bits per heavy atom. The van der Waals surface area contributed by atoms with Gasteiger partial charge in [-0.05, 0) is 61.9 Å². The van der Waals surface area contributed by atoms with E-state index in [4.69, 9.17) is 9.47 Å². The molecular formula is C21H26N2O3. The highest BCUT2D eigenvalue weighted by molar-refractivity contribution is 5.90. The van der Waals surface area contributed by atoms with E-state index in [1.807, 2.05) is 55.5 Å². The van der Waals surface area contributed by atoms with Crippen LogP contribution < -0.4 is 15.4 Å². The number of hydrogen-bond acceptors (Lipinski definition) is 3. The van der Waals surface area contributed by atoms with Crippen molar-refractivity contribution in [2.45, 2.75) is 26.2 Å². The molecule has 0 aliphatic heterocycles. The molecule has 2 N–H and O–H groups in total. The number of amides is 2. The molecule has 5 nitrogen and oxygen atoms in total. The van der Waals surface area contributed by atoms with Gasteiger partial charge in [0.2, 0.25) is 0 Å². The molecule has 0 atom stereocenters. The van der Waals surface area contributed by atoms with Gasteiger partial charge in [0, 0.05) is 19.8 Å². The third kappa shape index (κ3) is 6.08. The van der Waals surface area contributed by atoms with Crippen molar-refractivity contribution in [3.05, 3.63) is 54.1 Å². The predicted molar refractivity (Wildman–Crippen MR) is 103 cm³/mol. The fourth-order valence-corrected chi connectivity index (χ4v) is 2.54. The summed E-state index contributed by atoms with van der Waals surface area (Å²) in [7, 11) is 0. The summed E-state index contributed by atoms with van der Waals surface area (Å²) in [6.07, 6.45) is 3.40. The molecule has 1 fully saturated rings. The number of rotatable bonds is 9. The maximum absolute atomic E-state index is 12.1. The molecule has 5 heteroatoms. The van der Waals surface area contributed by atoms with Crippen molar-refractivity contribution < 1.29 is 14.3 Å². The highest BCUT2D eigenvalue weighted by Gasteiger charge is 2.20. The highest BCUT2D eigenvalue weighted by atomic mass is 16.5. The zero-order chi connectivity index (χ0) is 18.2. The quantitative estimate of drug-likeness (QED) is 0.640. The van der Waals surface area contributed by atoms with E-state index in [0.717, 1.165) is 30.3 Å². The van der Waals surface area contributed by atoms with Crippen LogP contribution in [0.1, 0.15) is 24.8 Å². The lowest BCUT2D eigenvalue weighted by Crippen LogP contribution is -2.30. The number of carbonyl (C=O) groups excluding carboxylic acids is 1. The number of urea groups is 1. The summed E-state index contributed by atoms with van der Waals surface area (Å²) in [5.74, 6) is 2.13. The molecule has 2 amide bonds. The summed E-state index contributed by atoms with van der Waals surface area (Å²) in [6.45, 7) is 4.13. The number of hydrogen-bond donors (Lipinski definition) is 2. The second-order valence-corrected chi connectivity index (χ2v) is 6.67. The second-order valence-electron chi connectivity index (χ2n) is 6.67. The van der Waals surface area contributed by atoms with Gasteiger partial charge in [-0.2, -0.15) is 0 Å². The minimum atomic E-state index is -0.243. The van der Waals surface area contributed by atoms with Crippen LogP contribution in [0.3, 0.4) is 0 Å². The molecule has 26 heavy (non-hydrogen) atoms. The van der Waals surface area contributed by atoms with Crippen molar-refractivity contribution >= 4 is 11.7 Å². The first-order valence-corrected chi connectivity index (χ1v) is 9.17. The van der Waals surface area contributed by atoms with Gasteiger partial charge < -0.3 is 20.1 Å². The first kappa shape index (κ1) is 18.3. The van der Waals surface area contributed by atoms with Crippen molar-refractivity contribution in [3.63, 3.8) is 0 Å². The van der Waals surface area contributed by atoms with Crippen LogP contribution in [0.5, 0.6) is 11.5 Å². The molecule has 3 rings (SSSR count). The monoisotopic (exact) mass is 354 g/mol. The predicted octanol–water partition coefficient (Wildman–Crippen LogP) is 4.73. The molecule has 2 aromatic carbocycles. The van der Waals surface area contributed by atoms with E-state index in [9.17, 15) is 4.79 Å². The standard InChI is InChI=1S/C21H26N2O3/c1-16-6-4-7-18(14-16)26-20-9-3-2-8-19(20)23-21(24)22-12-5-13-25-15-17-10-11-17/h2-4,6-9,14,17H,5,10-13,15H2,1H3,(H2,22,23,24). The van der Waals surface area contributed by atoms with Gasteiger partial charge in [-0.1, -0.05) is 24.3 Å². The molecule has 1 aliphatic rings. The lowest BCUT2D eigenvalue weighted by atomic mass is 10.2. The van der Waals surface area contributed by atoms with E-state index in [2.05, 4.69) is 10.6 Å². The topological polar surface area (TPSA) is 59.6 Å². The Kier molecular flexibility index (Phi) is 6.50. The lowest BCUT2D eigenvalue weighted by Gasteiger charge is -2.13.